The molecule has 0 aliphatic carbocycles. The molecule has 31 heavy (non-hydrogen) atoms. The molecule has 1 aliphatic heterocycles. The third-order valence-electron chi connectivity index (χ3n) is 4.53. The number of rotatable bonds is 10. The highest BCUT2D eigenvalue weighted by Crippen LogP contribution is 2.33. The Morgan fingerprint density at radius 3 is 2.90 bits per heavy atom. The van der Waals surface area contributed by atoms with E-state index in [9.17, 15) is 15.0 Å². The molecule has 1 unspecified atom stereocenters. The number of nitrogens with one attached hydrogen (secondary N) is 1. The quantitative estimate of drug-likeness (QED) is 0.373. The van der Waals surface area contributed by atoms with Gasteiger partial charge in [-0.05, 0) is 49.7 Å². The van der Waals surface area contributed by atoms with Crippen LogP contribution in [0.4, 0.5) is 0 Å². The second kappa shape index (κ2) is 11.1. The zero-order valence-corrected chi connectivity index (χ0v) is 17.9. The van der Waals surface area contributed by atoms with Gasteiger partial charge in [-0.15, -0.1) is 0 Å². The average molecular weight is 452 g/mol. The molecule has 3 N–H and O–H groups in total. The van der Waals surface area contributed by atoms with Gasteiger partial charge in [0.05, 0.1) is 11.6 Å². The largest absolute Gasteiger partial charge is 0.508 e. The molecule has 0 bridgehead atoms. The highest BCUT2D eigenvalue weighted by molar-refractivity contribution is 6.32. The van der Waals surface area contributed by atoms with Crippen molar-refractivity contribution in [2.75, 3.05) is 32.9 Å². The molecule has 168 valence electrons. The van der Waals surface area contributed by atoms with Crippen LogP contribution >= 0.6 is 11.6 Å². The van der Waals surface area contributed by atoms with Crippen molar-refractivity contribution in [1.29, 1.82) is 0 Å². The topological polar surface area (TPSA) is 106 Å². The normalized spacial score (nSPS) is 15.9. The van der Waals surface area contributed by atoms with Gasteiger partial charge in [-0.1, -0.05) is 17.7 Å². The van der Waals surface area contributed by atoms with Gasteiger partial charge in [0.1, 0.15) is 30.8 Å². The number of hydrogen-bond acceptors (Lipinski definition) is 8. The lowest BCUT2D eigenvalue weighted by molar-refractivity contribution is -0.153. The molecule has 1 aliphatic rings. The molecule has 0 spiro atoms. The van der Waals surface area contributed by atoms with Crippen LogP contribution in [0.2, 0.25) is 5.02 Å². The third kappa shape index (κ3) is 6.65. The number of ether oxygens (including phenoxy) is 4. The molecule has 1 heterocycles. The van der Waals surface area contributed by atoms with Gasteiger partial charge in [0.15, 0.2) is 11.5 Å². The first-order chi connectivity index (χ1) is 15.0. The van der Waals surface area contributed by atoms with Crippen molar-refractivity contribution in [3.05, 3.63) is 47.0 Å². The fourth-order valence-electron chi connectivity index (χ4n) is 2.98. The monoisotopic (exact) mass is 451 g/mol. The molecule has 3 rings (SSSR count). The van der Waals surface area contributed by atoms with Crippen molar-refractivity contribution >= 4 is 17.6 Å². The number of phenolic OH excluding ortho intramolecular Hbond substituents is 1. The van der Waals surface area contributed by atoms with Crippen LogP contribution in [0.25, 0.3) is 0 Å². The van der Waals surface area contributed by atoms with E-state index in [1.54, 1.807) is 19.1 Å². The number of benzene rings is 2. The van der Waals surface area contributed by atoms with Crippen LogP contribution in [0.3, 0.4) is 0 Å². The van der Waals surface area contributed by atoms with E-state index in [4.69, 9.17) is 30.5 Å². The minimum Gasteiger partial charge on any atom is -0.508 e. The summed E-state index contributed by atoms with van der Waals surface area (Å²) in [6, 6.07) is 9.96. The van der Waals surface area contributed by atoms with Gasteiger partial charge in [0, 0.05) is 12.6 Å². The molecule has 2 aromatic rings. The van der Waals surface area contributed by atoms with Crippen molar-refractivity contribution in [2.24, 2.45) is 0 Å². The number of phenols is 1. The van der Waals surface area contributed by atoms with Crippen molar-refractivity contribution in [3.63, 3.8) is 0 Å². The molecule has 0 fully saturated rings. The van der Waals surface area contributed by atoms with Gasteiger partial charge in [-0.25, -0.2) is 4.79 Å². The first kappa shape index (κ1) is 23.0. The van der Waals surface area contributed by atoms with E-state index in [-0.39, 0.29) is 24.0 Å². The molecule has 0 radical (unpaired) electrons. The van der Waals surface area contributed by atoms with Gasteiger partial charge in [-0.3, -0.25) is 0 Å². The van der Waals surface area contributed by atoms with Gasteiger partial charge < -0.3 is 34.5 Å². The summed E-state index contributed by atoms with van der Waals surface area (Å²) in [7, 11) is 0. The fraction of sp³-hybridized carbons (Fsp3) is 0.409. The highest BCUT2D eigenvalue weighted by atomic mass is 35.5. The number of esters is 1. The van der Waals surface area contributed by atoms with Crippen LogP contribution < -0.4 is 19.5 Å². The number of halogens is 1. The molecule has 8 nitrogen and oxygen atoms in total. The van der Waals surface area contributed by atoms with Gasteiger partial charge in [0.25, 0.3) is 0 Å². The average Bonchev–Trinajstić information content (AvgIpc) is 2.76. The summed E-state index contributed by atoms with van der Waals surface area (Å²) < 4.78 is 21.7. The summed E-state index contributed by atoms with van der Waals surface area (Å²) in [5.41, 5.74) is 1.03. The number of aromatic hydroxyl groups is 1. The fourth-order valence-corrected chi connectivity index (χ4v) is 3.20. The van der Waals surface area contributed by atoms with Gasteiger partial charge in [-0.2, -0.15) is 0 Å². The van der Waals surface area contributed by atoms with Crippen molar-refractivity contribution in [3.8, 4) is 23.0 Å². The summed E-state index contributed by atoms with van der Waals surface area (Å²) in [5, 5.41) is 22.9. The Morgan fingerprint density at radius 1 is 1.29 bits per heavy atom. The van der Waals surface area contributed by atoms with Crippen LogP contribution in [0.1, 0.15) is 12.5 Å². The van der Waals surface area contributed by atoms with E-state index in [1.807, 2.05) is 12.1 Å². The van der Waals surface area contributed by atoms with Crippen LogP contribution in [0, 0.1) is 0 Å². The molecule has 0 aromatic heterocycles. The molecule has 2 aromatic carbocycles. The van der Waals surface area contributed by atoms with Gasteiger partial charge in [0.2, 0.25) is 6.10 Å². The van der Waals surface area contributed by atoms with Crippen molar-refractivity contribution in [1.82, 2.24) is 5.32 Å². The maximum absolute atomic E-state index is 11.8. The Hall–Kier alpha value is -2.68. The Bertz CT molecular complexity index is 892. The second-order valence-electron chi connectivity index (χ2n) is 6.98. The molecule has 2 atom stereocenters. The predicted octanol–water partition coefficient (Wildman–Crippen LogP) is 2.32. The number of fused-ring (bicyclic) bond motifs is 1. The molecule has 0 saturated heterocycles. The van der Waals surface area contributed by atoms with Crippen LogP contribution in [-0.2, 0) is 16.0 Å². The zero-order valence-electron chi connectivity index (χ0n) is 17.2. The SMILES string of the molecule is CCOC(=O)C1COc2cc(CCNC[C@H](O)COc3ccc(O)cc3Cl)ccc2O1. The standard InChI is InChI=1S/C22H26ClNO7/c1-2-28-22(27)21-13-30-20-9-14(3-5-19(20)31-21)7-8-24-11-16(26)12-29-18-6-4-15(25)10-17(18)23/h3-6,9-10,16,21,24-26H,2,7-8,11-13H2,1H3/t16-,21?/m0/s1. The van der Waals surface area contributed by atoms with E-state index in [2.05, 4.69) is 5.32 Å². The minimum atomic E-state index is -0.750. The van der Waals surface area contributed by atoms with Crippen LogP contribution in [-0.4, -0.2) is 61.3 Å². The Morgan fingerprint density at radius 2 is 2.13 bits per heavy atom. The number of aliphatic hydroxyl groups is 1. The Kier molecular flexibility index (Phi) is 8.22. The molecular weight excluding hydrogens is 426 g/mol. The maximum atomic E-state index is 11.8. The minimum absolute atomic E-state index is 0.0533. The summed E-state index contributed by atoms with van der Waals surface area (Å²) in [6.07, 6.45) is -0.750. The summed E-state index contributed by atoms with van der Waals surface area (Å²) in [5.74, 6) is 1.13. The summed E-state index contributed by atoms with van der Waals surface area (Å²) in [6.45, 7) is 3.22. The number of carbonyl (C=O) groups is 1. The number of hydrogen-bond donors (Lipinski definition) is 3. The lowest BCUT2D eigenvalue weighted by atomic mass is 10.1. The van der Waals surface area contributed by atoms with Crippen LogP contribution in [0.15, 0.2) is 36.4 Å². The maximum Gasteiger partial charge on any atom is 0.350 e. The highest BCUT2D eigenvalue weighted by Gasteiger charge is 2.28. The first-order valence-corrected chi connectivity index (χ1v) is 10.4. The Balaban J connectivity index is 1.38. The predicted molar refractivity (Wildman–Crippen MR) is 114 cm³/mol. The van der Waals surface area contributed by atoms with E-state index >= 15 is 0 Å². The summed E-state index contributed by atoms with van der Waals surface area (Å²) >= 11 is 5.97. The molecule has 9 heteroatoms. The lowest BCUT2D eigenvalue weighted by Gasteiger charge is -2.25. The number of carbonyl (C=O) groups excluding carboxylic acids is 1. The van der Waals surface area contributed by atoms with E-state index in [0.29, 0.717) is 36.9 Å². The molecule has 0 saturated carbocycles. The smallest absolute Gasteiger partial charge is 0.350 e. The van der Waals surface area contributed by atoms with Crippen LogP contribution in [0.5, 0.6) is 23.0 Å². The second-order valence-corrected chi connectivity index (χ2v) is 7.39. The van der Waals surface area contributed by atoms with E-state index in [1.165, 1.54) is 12.1 Å². The molecular formula is C22H26ClNO7. The summed E-state index contributed by atoms with van der Waals surface area (Å²) in [4.78, 5) is 11.8. The van der Waals surface area contributed by atoms with Crippen molar-refractivity contribution in [2.45, 2.75) is 25.6 Å². The Labute approximate surface area is 185 Å². The third-order valence-corrected chi connectivity index (χ3v) is 4.83. The van der Waals surface area contributed by atoms with Gasteiger partial charge >= 0.3 is 5.97 Å². The lowest BCUT2D eigenvalue weighted by Crippen LogP contribution is -2.37. The first-order valence-electron chi connectivity index (χ1n) is 10.1. The van der Waals surface area contributed by atoms with E-state index < -0.39 is 18.2 Å². The van der Waals surface area contributed by atoms with Crippen molar-refractivity contribution < 1.29 is 34.0 Å². The number of aliphatic hydroxyl groups excluding tert-OH is 1. The van der Waals surface area contributed by atoms with E-state index in [0.717, 1.165) is 12.0 Å². The zero-order chi connectivity index (χ0) is 22.2. The molecule has 0 amide bonds.